The molecule has 168 valence electrons. The highest BCUT2D eigenvalue weighted by Gasteiger charge is 2.42. The number of hydrogen-bond donors (Lipinski definition) is 2. The van der Waals surface area contributed by atoms with Crippen molar-refractivity contribution in [2.24, 2.45) is 0 Å². The van der Waals surface area contributed by atoms with Crippen molar-refractivity contribution in [2.75, 3.05) is 13.1 Å². The van der Waals surface area contributed by atoms with E-state index in [0.29, 0.717) is 5.56 Å². The van der Waals surface area contributed by atoms with Crippen molar-refractivity contribution in [1.29, 1.82) is 0 Å². The summed E-state index contributed by atoms with van der Waals surface area (Å²) in [5, 5.41) is 11.8. The van der Waals surface area contributed by atoms with Gasteiger partial charge in [0.2, 0.25) is 5.91 Å². The van der Waals surface area contributed by atoms with Crippen LogP contribution in [0, 0.1) is 11.6 Å². The average Bonchev–Trinajstić information content (AvgIpc) is 3.19. The second-order valence-corrected chi connectivity index (χ2v) is 7.30. The first kappa shape index (κ1) is 22.9. The lowest BCUT2D eigenvalue weighted by Gasteiger charge is -2.30. The first-order valence-electron chi connectivity index (χ1n) is 9.78. The second kappa shape index (κ2) is 9.54. The minimum absolute atomic E-state index is 0.0635. The standard InChI is InChI=1S/C22H21F2N3O5/c1-13(28)26-10-11-27(22(32)15-4-8-17(24)9-5-15)21(26)20(31)25-18(12-19(29)30)14-2-6-16(23)7-3-14/h2-9,18,21H,10-12H2,1H3,(H,25,31)(H,29,30). The maximum atomic E-state index is 13.3. The van der Waals surface area contributed by atoms with Gasteiger partial charge in [0.15, 0.2) is 6.17 Å². The Morgan fingerprint density at radius 2 is 1.50 bits per heavy atom. The van der Waals surface area contributed by atoms with Crippen molar-refractivity contribution >= 4 is 23.7 Å². The lowest BCUT2D eigenvalue weighted by atomic mass is 10.0. The molecule has 1 aliphatic rings. The van der Waals surface area contributed by atoms with E-state index >= 15 is 0 Å². The van der Waals surface area contributed by atoms with Crippen LogP contribution in [0.2, 0.25) is 0 Å². The number of carbonyl (C=O) groups excluding carboxylic acids is 3. The van der Waals surface area contributed by atoms with E-state index in [-0.39, 0.29) is 18.7 Å². The molecule has 0 aliphatic carbocycles. The molecule has 2 aromatic carbocycles. The normalized spacial score (nSPS) is 16.5. The molecule has 2 atom stereocenters. The molecule has 1 heterocycles. The Balaban J connectivity index is 1.88. The van der Waals surface area contributed by atoms with Crippen LogP contribution < -0.4 is 5.32 Å². The number of nitrogens with one attached hydrogen (secondary N) is 1. The predicted molar refractivity (Wildman–Crippen MR) is 108 cm³/mol. The number of rotatable bonds is 6. The highest BCUT2D eigenvalue weighted by atomic mass is 19.1. The highest BCUT2D eigenvalue weighted by Crippen LogP contribution is 2.22. The summed E-state index contributed by atoms with van der Waals surface area (Å²) in [4.78, 5) is 51.9. The van der Waals surface area contributed by atoms with Gasteiger partial charge in [0.1, 0.15) is 11.6 Å². The Kier molecular flexibility index (Phi) is 6.82. The van der Waals surface area contributed by atoms with Gasteiger partial charge in [-0.05, 0) is 42.0 Å². The maximum absolute atomic E-state index is 13.3. The van der Waals surface area contributed by atoms with Crippen molar-refractivity contribution in [3.05, 3.63) is 71.3 Å². The molecule has 10 heteroatoms. The molecule has 2 unspecified atom stereocenters. The lowest BCUT2D eigenvalue weighted by Crippen LogP contribution is -2.54. The minimum atomic E-state index is -1.32. The molecule has 0 radical (unpaired) electrons. The molecule has 2 aromatic rings. The van der Waals surface area contributed by atoms with E-state index in [9.17, 15) is 33.1 Å². The third-order valence-corrected chi connectivity index (χ3v) is 5.13. The fourth-order valence-corrected chi connectivity index (χ4v) is 3.58. The van der Waals surface area contributed by atoms with E-state index in [1.54, 1.807) is 0 Å². The molecule has 1 fully saturated rings. The van der Waals surface area contributed by atoms with Crippen LogP contribution in [-0.4, -0.2) is 57.9 Å². The monoisotopic (exact) mass is 445 g/mol. The molecule has 3 rings (SSSR count). The Morgan fingerprint density at radius 3 is 2.03 bits per heavy atom. The zero-order valence-electron chi connectivity index (χ0n) is 17.1. The quantitative estimate of drug-likeness (QED) is 0.707. The number of carboxylic acid groups (broad SMARTS) is 1. The molecule has 0 spiro atoms. The number of halogens is 2. The van der Waals surface area contributed by atoms with E-state index in [1.807, 2.05) is 0 Å². The first-order valence-corrected chi connectivity index (χ1v) is 9.78. The second-order valence-electron chi connectivity index (χ2n) is 7.30. The fourth-order valence-electron chi connectivity index (χ4n) is 3.58. The van der Waals surface area contributed by atoms with Gasteiger partial charge in [-0.3, -0.25) is 19.2 Å². The summed E-state index contributed by atoms with van der Waals surface area (Å²) < 4.78 is 26.5. The van der Waals surface area contributed by atoms with E-state index < -0.39 is 54.0 Å². The molecule has 1 saturated heterocycles. The number of aliphatic carboxylic acids is 1. The van der Waals surface area contributed by atoms with Gasteiger partial charge in [0.25, 0.3) is 11.8 Å². The Bertz CT molecular complexity index is 1030. The smallest absolute Gasteiger partial charge is 0.305 e. The molecule has 3 amide bonds. The summed E-state index contributed by atoms with van der Waals surface area (Å²) in [6.45, 7) is 1.41. The Morgan fingerprint density at radius 1 is 0.969 bits per heavy atom. The molecule has 0 bridgehead atoms. The van der Waals surface area contributed by atoms with Gasteiger partial charge in [0, 0.05) is 25.6 Å². The number of nitrogens with zero attached hydrogens (tertiary/aromatic N) is 2. The van der Waals surface area contributed by atoms with Gasteiger partial charge in [-0.1, -0.05) is 12.1 Å². The van der Waals surface area contributed by atoms with Gasteiger partial charge in [-0.2, -0.15) is 0 Å². The van der Waals surface area contributed by atoms with Crippen LogP contribution in [0.25, 0.3) is 0 Å². The maximum Gasteiger partial charge on any atom is 0.305 e. The number of benzene rings is 2. The SMILES string of the molecule is CC(=O)N1CCN(C(=O)c2ccc(F)cc2)C1C(=O)NC(CC(=O)O)c1ccc(F)cc1. The predicted octanol–water partition coefficient (Wildman–Crippen LogP) is 1.93. The molecule has 1 aliphatic heterocycles. The molecule has 8 nitrogen and oxygen atoms in total. The lowest BCUT2D eigenvalue weighted by molar-refractivity contribution is -0.141. The van der Waals surface area contributed by atoms with Crippen LogP contribution in [0.15, 0.2) is 48.5 Å². The van der Waals surface area contributed by atoms with E-state index in [4.69, 9.17) is 0 Å². The summed E-state index contributed by atoms with van der Waals surface area (Å²) in [7, 11) is 0. The van der Waals surface area contributed by atoms with Gasteiger partial charge in [-0.25, -0.2) is 8.78 Å². The van der Waals surface area contributed by atoms with Crippen molar-refractivity contribution in [2.45, 2.75) is 25.6 Å². The van der Waals surface area contributed by atoms with Crippen LogP contribution in [0.3, 0.4) is 0 Å². The van der Waals surface area contributed by atoms with Crippen LogP contribution in [0.4, 0.5) is 8.78 Å². The fraction of sp³-hybridized carbons (Fsp3) is 0.273. The average molecular weight is 445 g/mol. The van der Waals surface area contributed by atoms with Gasteiger partial charge >= 0.3 is 5.97 Å². The molecule has 0 saturated carbocycles. The molecular weight excluding hydrogens is 424 g/mol. The third-order valence-electron chi connectivity index (χ3n) is 5.13. The van der Waals surface area contributed by atoms with Gasteiger partial charge in [0.05, 0.1) is 12.5 Å². The summed E-state index contributed by atoms with van der Waals surface area (Å²) in [5.74, 6) is -4.04. The topological polar surface area (TPSA) is 107 Å². The Hall–Kier alpha value is -3.82. The van der Waals surface area contributed by atoms with Gasteiger partial charge in [-0.15, -0.1) is 0 Å². The highest BCUT2D eigenvalue weighted by molar-refractivity contribution is 5.99. The zero-order valence-corrected chi connectivity index (χ0v) is 17.1. The number of carbonyl (C=O) groups is 4. The van der Waals surface area contributed by atoms with E-state index in [2.05, 4.69) is 5.32 Å². The molecule has 32 heavy (non-hydrogen) atoms. The van der Waals surface area contributed by atoms with Crippen LogP contribution in [-0.2, 0) is 14.4 Å². The van der Waals surface area contributed by atoms with Gasteiger partial charge < -0.3 is 20.2 Å². The molecule has 2 N–H and O–H groups in total. The molecule has 0 aromatic heterocycles. The van der Waals surface area contributed by atoms with E-state index in [0.717, 1.165) is 24.3 Å². The summed E-state index contributed by atoms with van der Waals surface area (Å²) in [6.07, 6.45) is -1.81. The van der Waals surface area contributed by atoms with Crippen molar-refractivity contribution < 1.29 is 33.1 Å². The Labute approximate surface area is 182 Å². The van der Waals surface area contributed by atoms with Crippen molar-refractivity contribution in [1.82, 2.24) is 15.1 Å². The summed E-state index contributed by atoms with van der Waals surface area (Å²) in [6, 6.07) is 8.72. The summed E-state index contributed by atoms with van der Waals surface area (Å²) in [5.41, 5.74) is 0.487. The van der Waals surface area contributed by atoms with Crippen molar-refractivity contribution in [3.63, 3.8) is 0 Å². The van der Waals surface area contributed by atoms with Crippen LogP contribution >= 0.6 is 0 Å². The number of hydrogen-bond acceptors (Lipinski definition) is 4. The largest absolute Gasteiger partial charge is 0.481 e. The van der Waals surface area contributed by atoms with E-state index in [1.165, 1.54) is 41.0 Å². The zero-order chi connectivity index (χ0) is 23.4. The van der Waals surface area contributed by atoms with Crippen LogP contribution in [0.1, 0.15) is 35.3 Å². The number of amides is 3. The first-order chi connectivity index (χ1) is 15.2. The van der Waals surface area contributed by atoms with Crippen molar-refractivity contribution in [3.8, 4) is 0 Å². The third kappa shape index (κ3) is 5.08. The number of carboxylic acids is 1. The minimum Gasteiger partial charge on any atom is -0.481 e. The van der Waals surface area contributed by atoms with Crippen LogP contribution in [0.5, 0.6) is 0 Å². The molecular formula is C22H21F2N3O5. The summed E-state index contributed by atoms with van der Waals surface area (Å²) >= 11 is 0.